The van der Waals surface area contributed by atoms with Crippen molar-refractivity contribution in [3.8, 4) is 5.75 Å². The number of hydrogen-bond acceptors (Lipinski definition) is 7. The van der Waals surface area contributed by atoms with Gasteiger partial charge < -0.3 is 4.74 Å². The third kappa shape index (κ3) is 4.45. The molecule has 0 spiro atoms. The molecule has 0 saturated carbocycles. The lowest BCUT2D eigenvalue weighted by molar-refractivity contribution is -0.385. The van der Waals surface area contributed by atoms with Crippen molar-refractivity contribution in [1.82, 2.24) is 10.2 Å². The first kappa shape index (κ1) is 18.5. The Bertz CT molecular complexity index is 985. The highest BCUT2D eigenvalue weighted by Gasteiger charge is 2.16. The number of carbonyl (C=O) groups excluding carboxylic acids is 1. The summed E-state index contributed by atoms with van der Waals surface area (Å²) in [6.45, 7) is 1.62. The highest BCUT2D eigenvalue weighted by atomic mass is 32.1. The lowest BCUT2D eigenvalue weighted by atomic mass is 10.1. The van der Waals surface area contributed by atoms with Gasteiger partial charge in [-0.25, -0.2) is 0 Å². The fraction of sp³-hybridized carbons (Fsp3) is 0.167. The minimum atomic E-state index is -0.510. The molecule has 1 aromatic heterocycles. The second kappa shape index (κ2) is 7.92. The number of rotatable bonds is 6. The van der Waals surface area contributed by atoms with Crippen molar-refractivity contribution in [3.05, 3.63) is 74.3 Å². The lowest BCUT2D eigenvalue weighted by Gasteiger charge is -2.03. The Morgan fingerprint density at radius 3 is 2.63 bits per heavy atom. The van der Waals surface area contributed by atoms with Gasteiger partial charge in [0, 0.05) is 23.6 Å². The molecule has 0 atom stereocenters. The standard InChI is InChI=1S/C18H16N4O4S/c1-11-3-6-13(10-15(11)22(24)25)17(23)19-18-21-20-16(27-18)9-12-4-7-14(26-2)8-5-12/h3-8,10H,9H2,1-2H3,(H,19,21,23). The maximum Gasteiger partial charge on any atom is 0.273 e. The summed E-state index contributed by atoms with van der Waals surface area (Å²) in [6.07, 6.45) is 0.577. The molecule has 8 nitrogen and oxygen atoms in total. The van der Waals surface area contributed by atoms with E-state index >= 15 is 0 Å². The second-order valence-electron chi connectivity index (χ2n) is 5.74. The van der Waals surface area contributed by atoms with Gasteiger partial charge in [0.1, 0.15) is 10.8 Å². The van der Waals surface area contributed by atoms with Gasteiger partial charge >= 0.3 is 0 Å². The summed E-state index contributed by atoms with van der Waals surface area (Å²) in [6, 6.07) is 11.9. The van der Waals surface area contributed by atoms with Crippen LogP contribution in [0.5, 0.6) is 5.75 Å². The zero-order valence-corrected chi connectivity index (χ0v) is 15.4. The van der Waals surface area contributed by atoms with Crippen LogP contribution < -0.4 is 10.1 Å². The number of hydrogen-bond donors (Lipinski definition) is 1. The molecule has 0 saturated heterocycles. The van der Waals surface area contributed by atoms with Gasteiger partial charge in [0.15, 0.2) is 0 Å². The number of methoxy groups -OCH3 is 1. The number of aryl methyl sites for hydroxylation is 1. The van der Waals surface area contributed by atoms with E-state index in [1.165, 1.54) is 23.5 Å². The third-order valence-corrected chi connectivity index (χ3v) is 4.71. The first-order chi connectivity index (χ1) is 13.0. The number of nitro benzene ring substituents is 1. The van der Waals surface area contributed by atoms with E-state index in [9.17, 15) is 14.9 Å². The monoisotopic (exact) mass is 384 g/mol. The summed E-state index contributed by atoms with van der Waals surface area (Å²) in [4.78, 5) is 22.8. The van der Waals surface area contributed by atoms with Gasteiger partial charge in [-0.1, -0.05) is 29.5 Å². The van der Waals surface area contributed by atoms with Crippen molar-refractivity contribution < 1.29 is 14.5 Å². The Labute approximate surface area is 159 Å². The zero-order valence-electron chi connectivity index (χ0n) is 14.6. The number of anilines is 1. The molecule has 1 heterocycles. The van der Waals surface area contributed by atoms with E-state index in [1.54, 1.807) is 20.1 Å². The predicted molar refractivity (Wildman–Crippen MR) is 101 cm³/mol. The Kier molecular flexibility index (Phi) is 5.41. The molecular formula is C18H16N4O4S. The molecule has 27 heavy (non-hydrogen) atoms. The van der Waals surface area contributed by atoms with Crippen LogP contribution in [0.2, 0.25) is 0 Å². The van der Waals surface area contributed by atoms with Crippen LogP contribution >= 0.6 is 11.3 Å². The molecule has 0 aliphatic carbocycles. The highest BCUT2D eigenvalue weighted by Crippen LogP contribution is 2.23. The molecule has 1 N–H and O–H groups in total. The van der Waals surface area contributed by atoms with Crippen LogP contribution in [0, 0.1) is 17.0 Å². The van der Waals surface area contributed by atoms with Crippen molar-refractivity contribution in [2.45, 2.75) is 13.3 Å². The maximum absolute atomic E-state index is 12.3. The van der Waals surface area contributed by atoms with Gasteiger partial charge in [-0.05, 0) is 30.7 Å². The van der Waals surface area contributed by atoms with Gasteiger partial charge in [0.05, 0.1) is 12.0 Å². The molecule has 2 aromatic carbocycles. The third-order valence-electron chi connectivity index (χ3n) is 3.87. The van der Waals surface area contributed by atoms with E-state index in [4.69, 9.17) is 4.74 Å². The van der Waals surface area contributed by atoms with E-state index in [1.807, 2.05) is 24.3 Å². The quantitative estimate of drug-likeness (QED) is 0.514. The average molecular weight is 384 g/mol. The van der Waals surface area contributed by atoms with Crippen molar-refractivity contribution in [3.63, 3.8) is 0 Å². The Morgan fingerprint density at radius 2 is 1.96 bits per heavy atom. The largest absolute Gasteiger partial charge is 0.497 e. The number of aromatic nitrogens is 2. The average Bonchev–Trinajstić information content (AvgIpc) is 3.09. The number of carbonyl (C=O) groups is 1. The minimum absolute atomic E-state index is 0.0971. The molecule has 3 rings (SSSR count). The van der Waals surface area contributed by atoms with Crippen molar-refractivity contribution in [2.75, 3.05) is 12.4 Å². The molecule has 3 aromatic rings. The van der Waals surface area contributed by atoms with Crippen molar-refractivity contribution >= 4 is 28.1 Å². The van der Waals surface area contributed by atoms with E-state index in [-0.39, 0.29) is 11.3 Å². The molecule has 0 radical (unpaired) electrons. The SMILES string of the molecule is COc1ccc(Cc2nnc(NC(=O)c3ccc(C)c([N+](=O)[O-])c3)s2)cc1. The van der Waals surface area contributed by atoms with Gasteiger partial charge in [-0.2, -0.15) is 0 Å². The summed E-state index contributed by atoms with van der Waals surface area (Å²) >= 11 is 1.26. The summed E-state index contributed by atoms with van der Waals surface area (Å²) in [5.41, 5.74) is 1.63. The van der Waals surface area contributed by atoms with Gasteiger partial charge in [0.2, 0.25) is 5.13 Å². The number of nitrogens with zero attached hydrogens (tertiary/aromatic N) is 3. The molecule has 0 unspecified atom stereocenters. The predicted octanol–water partition coefficient (Wildman–Crippen LogP) is 3.61. The first-order valence-corrected chi connectivity index (χ1v) is 8.79. The summed E-state index contributed by atoms with van der Waals surface area (Å²) in [5.74, 6) is 0.307. The summed E-state index contributed by atoms with van der Waals surface area (Å²) in [5, 5.41) is 22.8. The lowest BCUT2D eigenvalue weighted by Crippen LogP contribution is -2.12. The molecule has 0 aliphatic heterocycles. The molecular weight excluding hydrogens is 368 g/mol. The number of ether oxygens (including phenoxy) is 1. The highest BCUT2D eigenvalue weighted by molar-refractivity contribution is 7.15. The fourth-order valence-electron chi connectivity index (χ4n) is 2.41. The first-order valence-electron chi connectivity index (χ1n) is 7.98. The molecule has 0 aliphatic rings. The van der Waals surface area contributed by atoms with E-state index in [0.717, 1.165) is 16.3 Å². The second-order valence-corrected chi connectivity index (χ2v) is 6.80. The van der Waals surface area contributed by atoms with Crippen LogP contribution in [-0.2, 0) is 6.42 Å². The topological polar surface area (TPSA) is 107 Å². The maximum atomic E-state index is 12.3. The minimum Gasteiger partial charge on any atom is -0.497 e. The Balaban J connectivity index is 1.69. The van der Waals surface area contributed by atoms with Crippen LogP contribution in [-0.4, -0.2) is 28.1 Å². The molecule has 0 fully saturated rings. The van der Waals surface area contributed by atoms with Gasteiger partial charge in [0.25, 0.3) is 11.6 Å². The van der Waals surface area contributed by atoms with Crippen molar-refractivity contribution in [1.29, 1.82) is 0 Å². The Hall–Kier alpha value is -3.33. The number of nitrogens with one attached hydrogen (secondary N) is 1. The molecule has 0 bridgehead atoms. The van der Waals surface area contributed by atoms with E-state index < -0.39 is 10.8 Å². The van der Waals surface area contributed by atoms with Crippen LogP contribution in [0.3, 0.4) is 0 Å². The molecule has 1 amide bonds. The molecule has 9 heteroatoms. The summed E-state index contributed by atoms with van der Waals surface area (Å²) < 4.78 is 5.12. The van der Waals surface area contributed by atoms with E-state index in [2.05, 4.69) is 15.5 Å². The van der Waals surface area contributed by atoms with Crippen LogP contribution in [0.1, 0.15) is 26.5 Å². The van der Waals surface area contributed by atoms with Gasteiger partial charge in [-0.3, -0.25) is 20.2 Å². The summed E-state index contributed by atoms with van der Waals surface area (Å²) in [7, 11) is 1.61. The normalized spacial score (nSPS) is 10.4. The van der Waals surface area contributed by atoms with E-state index in [0.29, 0.717) is 17.1 Å². The smallest absolute Gasteiger partial charge is 0.273 e. The Morgan fingerprint density at radius 1 is 1.22 bits per heavy atom. The van der Waals surface area contributed by atoms with Crippen LogP contribution in [0.15, 0.2) is 42.5 Å². The fourth-order valence-corrected chi connectivity index (χ4v) is 3.18. The number of benzene rings is 2. The number of nitro groups is 1. The number of amides is 1. The van der Waals surface area contributed by atoms with Crippen LogP contribution in [0.4, 0.5) is 10.8 Å². The van der Waals surface area contributed by atoms with Crippen LogP contribution in [0.25, 0.3) is 0 Å². The van der Waals surface area contributed by atoms with Gasteiger partial charge in [-0.15, -0.1) is 10.2 Å². The zero-order chi connectivity index (χ0) is 19.4. The van der Waals surface area contributed by atoms with Crippen molar-refractivity contribution in [2.24, 2.45) is 0 Å². The molecule has 138 valence electrons.